The van der Waals surface area contributed by atoms with Crippen molar-refractivity contribution >= 4 is 29.1 Å². The summed E-state index contributed by atoms with van der Waals surface area (Å²) in [5, 5.41) is 19.8. The van der Waals surface area contributed by atoms with Crippen LogP contribution in [0.15, 0.2) is 51.1 Å². The van der Waals surface area contributed by atoms with E-state index in [4.69, 9.17) is 16.0 Å². The number of hydrogen-bond acceptors (Lipinski definition) is 6. The number of non-ortho nitro benzene ring substituents is 1. The fraction of sp³-hybridized carbons (Fsp3) is 0.0769. The number of rotatable bonds is 4. The van der Waals surface area contributed by atoms with Gasteiger partial charge in [0.1, 0.15) is 0 Å². The molecular formula is C13H9ClN4O3S. The molecule has 0 radical (unpaired) electrons. The highest BCUT2D eigenvalue weighted by molar-refractivity contribution is 7.99. The molecule has 112 valence electrons. The van der Waals surface area contributed by atoms with Crippen LogP contribution in [0.25, 0.3) is 11.6 Å². The number of benzene rings is 1. The molecule has 2 heterocycles. The van der Waals surface area contributed by atoms with Gasteiger partial charge in [-0.1, -0.05) is 11.6 Å². The van der Waals surface area contributed by atoms with Gasteiger partial charge in [-0.3, -0.25) is 10.1 Å². The van der Waals surface area contributed by atoms with E-state index in [1.54, 1.807) is 36.1 Å². The summed E-state index contributed by atoms with van der Waals surface area (Å²) in [7, 11) is 1.81. The Kier molecular flexibility index (Phi) is 3.86. The zero-order chi connectivity index (χ0) is 15.7. The minimum absolute atomic E-state index is 0.0522. The quantitative estimate of drug-likeness (QED) is 0.532. The number of nitro groups is 1. The Morgan fingerprint density at radius 1 is 1.36 bits per heavy atom. The van der Waals surface area contributed by atoms with E-state index in [9.17, 15) is 10.1 Å². The average molecular weight is 337 g/mol. The highest BCUT2D eigenvalue weighted by Crippen LogP contribution is 2.35. The van der Waals surface area contributed by atoms with E-state index in [1.165, 1.54) is 23.9 Å². The summed E-state index contributed by atoms with van der Waals surface area (Å²) >= 11 is 7.35. The van der Waals surface area contributed by atoms with E-state index < -0.39 is 4.92 Å². The van der Waals surface area contributed by atoms with Crippen molar-refractivity contribution < 1.29 is 9.34 Å². The molecule has 7 nitrogen and oxygen atoms in total. The molecule has 1 aromatic carbocycles. The summed E-state index contributed by atoms with van der Waals surface area (Å²) in [4.78, 5) is 10.9. The Bertz CT molecular complexity index is 832. The predicted molar refractivity (Wildman–Crippen MR) is 80.9 cm³/mol. The monoisotopic (exact) mass is 336 g/mol. The Balaban J connectivity index is 1.90. The van der Waals surface area contributed by atoms with Crippen molar-refractivity contribution in [2.24, 2.45) is 7.05 Å². The largest absolute Gasteiger partial charge is 0.461 e. The van der Waals surface area contributed by atoms with Crippen molar-refractivity contribution in [1.29, 1.82) is 0 Å². The molecule has 9 heteroatoms. The Labute approximate surface area is 134 Å². The number of halogens is 1. The second-order valence-corrected chi connectivity index (χ2v) is 5.73. The first-order valence-electron chi connectivity index (χ1n) is 6.11. The lowest BCUT2D eigenvalue weighted by molar-refractivity contribution is -0.384. The van der Waals surface area contributed by atoms with Crippen LogP contribution in [0.5, 0.6) is 0 Å². The summed E-state index contributed by atoms with van der Waals surface area (Å²) in [6.45, 7) is 0. The van der Waals surface area contributed by atoms with Crippen LogP contribution < -0.4 is 0 Å². The van der Waals surface area contributed by atoms with Gasteiger partial charge in [0, 0.05) is 24.1 Å². The van der Waals surface area contributed by atoms with Crippen molar-refractivity contribution in [2.45, 2.75) is 10.1 Å². The van der Waals surface area contributed by atoms with Crippen LogP contribution in [0.4, 0.5) is 5.69 Å². The lowest BCUT2D eigenvalue weighted by atomic mass is 10.3. The van der Waals surface area contributed by atoms with Crippen LogP contribution in [-0.2, 0) is 7.05 Å². The molecule has 0 N–H and O–H groups in total. The van der Waals surface area contributed by atoms with Gasteiger partial charge >= 0.3 is 0 Å². The minimum atomic E-state index is -0.488. The van der Waals surface area contributed by atoms with Gasteiger partial charge in [-0.25, -0.2) is 0 Å². The van der Waals surface area contributed by atoms with Crippen LogP contribution in [0, 0.1) is 10.1 Å². The summed E-state index contributed by atoms with van der Waals surface area (Å²) in [5.41, 5.74) is -0.0522. The molecule has 0 unspecified atom stereocenters. The first-order chi connectivity index (χ1) is 10.6. The number of nitro benzene ring substituents is 1. The highest BCUT2D eigenvalue weighted by Gasteiger charge is 2.16. The van der Waals surface area contributed by atoms with Gasteiger partial charge in [-0.2, -0.15) is 0 Å². The van der Waals surface area contributed by atoms with E-state index in [-0.39, 0.29) is 5.69 Å². The van der Waals surface area contributed by atoms with Crippen molar-refractivity contribution in [3.63, 3.8) is 0 Å². The second kappa shape index (κ2) is 5.82. The van der Waals surface area contributed by atoms with Gasteiger partial charge in [0.15, 0.2) is 16.7 Å². The molecular weight excluding hydrogens is 328 g/mol. The van der Waals surface area contributed by atoms with Crippen LogP contribution in [-0.4, -0.2) is 19.7 Å². The van der Waals surface area contributed by atoms with Gasteiger partial charge in [0.05, 0.1) is 16.2 Å². The van der Waals surface area contributed by atoms with Crippen LogP contribution >= 0.6 is 23.4 Å². The molecule has 0 bridgehead atoms. The van der Waals surface area contributed by atoms with Crippen molar-refractivity contribution in [3.05, 3.63) is 51.7 Å². The van der Waals surface area contributed by atoms with Gasteiger partial charge in [-0.05, 0) is 30.0 Å². The maximum atomic E-state index is 10.7. The zero-order valence-electron chi connectivity index (χ0n) is 11.3. The van der Waals surface area contributed by atoms with Crippen molar-refractivity contribution in [1.82, 2.24) is 14.8 Å². The molecule has 0 spiro atoms. The normalized spacial score (nSPS) is 10.8. The maximum Gasteiger partial charge on any atom is 0.270 e. The second-order valence-electron chi connectivity index (χ2n) is 4.32. The number of aromatic nitrogens is 3. The fourth-order valence-corrected chi connectivity index (χ4v) is 2.89. The van der Waals surface area contributed by atoms with E-state index in [1.807, 2.05) is 0 Å². The smallest absolute Gasteiger partial charge is 0.270 e. The summed E-state index contributed by atoms with van der Waals surface area (Å²) in [5.74, 6) is 1.20. The summed E-state index contributed by atoms with van der Waals surface area (Å²) in [6, 6.07) is 7.86. The van der Waals surface area contributed by atoms with Crippen molar-refractivity contribution in [3.8, 4) is 11.6 Å². The van der Waals surface area contributed by atoms with Crippen LogP contribution in [0.3, 0.4) is 0 Å². The summed E-state index contributed by atoms with van der Waals surface area (Å²) in [6.07, 6.45) is 1.56. The third kappa shape index (κ3) is 2.70. The standard InChI is InChI=1S/C13H9ClN4O3S/c1-17-12(10-3-2-6-21-10)15-16-13(17)22-11-5-4-8(18(19)20)7-9(11)14/h2-7H,1H3. The van der Waals surface area contributed by atoms with Gasteiger partial charge in [0.25, 0.3) is 5.69 Å². The summed E-state index contributed by atoms with van der Waals surface area (Å²) < 4.78 is 7.06. The number of nitrogens with zero attached hydrogens (tertiary/aromatic N) is 4. The van der Waals surface area contributed by atoms with E-state index in [2.05, 4.69) is 10.2 Å². The zero-order valence-corrected chi connectivity index (χ0v) is 12.8. The molecule has 0 saturated heterocycles. The topological polar surface area (TPSA) is 87.0 Å². The molecule has 2 aromatic heterocycles. The lowest BCUT2D eigenvalue weighted by Crippen LogP contribution is -1.94. The van der Waals surface area contributed by atoms with Gasteiger partial charge in [0.2, 0.25) is 0 Å². The third-order valence-electron chi connectivity index (χ3n) is 2.90. The predicted octanol–water partition coefficient (Wildman–Crippen LogP) is 3.79. The maximum absolute atomic E-state index is 10.7. The minimum Gasteiger partial charge on any atom is -0.461 e. The molecule has 3 rings (SSSR count). The van der Waals surface area contributed by atoms with Gasteiger partial charge < -0.3 is 8.98 Å². The average Bonchev–Trinajstić information content (AvgIpc) is 3.11. The Morgan fingerprint density at radius 2 is 2.18 bits per heavy atom. The molecule has 0 saturated carbocycles. The SMILES string of the molecule is Cn1c(Sc2ccc([N+](=O)[O-])cc2Cl)nnc1-c1ccco1. The first kappa shape index (κ1) is 14.6. The first-order valence-corrected chi connectivity index (χ1v) is 7.31. The van der Waals surface area contributed by atoms with Crippen LogP contribution in [0.2, 0.25) is 5.02 Å². The molecule has 22 heavy (non-hydrogen) atoms. The molecule has 0 atom stereocenters. The molecule has 0 amide bonds. The number of furan rings is 1. The van der Waals surface area contributed by atoms with Crippen LogP contribution in [0.1, 0.15) is 0 Å². The fourth-order valence-electron chi connectivity index (χ4n) is 1.81. The highest BCUT2D eigenvalue weighted by atomic mass is 35.5. The third-order valence-corrected chi connectivity index (χ3v) is 4.44. The van der Waals surface area contributed by atoms with Crippen molar-refractivity contribution in [2.75, 3.05) is 0 Å². The van der Waals surface area contributed by atoms with Gasteiger partial charge in [-0.15, -0.1) is 10.2 Å². The molecule has 0 aliphatic heterocycles. The Hall–Kier alpha value is -2.32. The molecule has 0 aliphatic rings. The van der Waals surface area contributed by atoms with E-state index in [0.717, 1.165) is 0 Å². The Morgan fingerprint density at radius 3 is 2.82 bits per heavy atom. The molecule has 3 aromatic rings. The van der Waals surface area contributed by atoms with E-state index in [0.29, 0.717) is 26.7 Å². The van der Waals surface area contributed by atoms with E-state index >= 15 is 0 Å². The molecule has 0 fully saturated rings. The lowest BCUT2D eigenvalue weighted by Gasteiger charge is -2.04. The molecule has 0 aliphatic carbocycles. The number of hydrogen-bond donors (Lipinski definition) is 0.